The maximum absolute atomic E-state index is 14.3. The van der Waals surface area contributed by atoms with Crippen LogP contribution in [0.1, 0.15) is 20.8 Å². The number of aromatic nitrogens is 3. The normalized spacial score (nSPS) is 15.9. The third kappa shape index (κ3) is 3.55. The number of carbonyl (C=O) groups is 1. The van der Waals surface area contributed by atoms with Crippen LogP contribution in [0.3, 0.4) is 0 Å². The molecule has 0 radical (unpaired) electrons. The molecule has 1 aliphatic rings. The highest BCUT2D eigenvalue weighted by molar-refractivity contribution is 14.1. The number of carbonyl (C=O) groups excluding carboxylic acids is 1. The fourth-order valence-corrected chi connectivity index (χ4v) is 2.99. The molecule has 2 aromatic rings. The van der Waals surface area contributed by atoms with Gasteiger partial charge in [0.1, 0.15) is 5.60 Å². The lowest BCUT2D eigenvalue weighted by molar-refractivity contribution is 0.0240. The molecule has 0 bridgehead atoms. The molecule has 0 aliphatic carbocycles. The maximum atomic E-state index is 14.3. The predicted octanol–water partition coefficient (Wildman–Crippen LogP) is 2.53. The van der Waals surface area contributed by atoms with E-state index in [1.807, 2.05) is 25.7 Å². The molecule has 1 aliphatic heterocycles. The Morgan fingerprint density at radius 1 is 1.29 bits per heavy atom. The second-order valence-electron chi connectivity index (χ2n) is 6.63. The van der Waals surface area contributed by atoms with Crippen LogP contribution in [0.5, 0.6) is 0 Å². The number of halogens is 2. The van der Waals surface area contributed by atoms with E-state index >= 15 is 0 Å². The lowest BCUT2D eigenvalue weighted by Crippen LogP contribution is -2.50. The summed E-state index contributed by atoms with van der Waals surface area (Å²) in [5.74, 6) is -0.127. The summed E-state index contributed by atoms with van der Waals surface area (Å²) >= 11 is 2.12. The molecule has 9 heteroatoms. The molecule has 0 saturated carbocycles. The molecule has 2 aromatic heterocycles. The standard InChI is InChI=1S/C15H19FIN5O2/c1-15(2,3)24-14(23)21-6-4-20(5-7-21)12-10(16)9-22-13(19-12)11(17)8-18-22/h8-9H,4-7H2,1-3H3. The molecule has 0 unspecified atom stereocenters. The zero-order valence-electron chi connectivity index (χ0n) is 13.8. The van der Waals surface area contributed by atoms with Crippen LogP contribution in [0.15, 0.2) is 12.4 Å². The van der Waals surface area contributed by atoms with E-state index < -0.39 is 11.4 Å². The van der Waals surface area contributed by atoms with E-state index in [0.29, 0.717) is 37.6 Å². The molecular weight excluding hydrogens is 428 g/mol. The van der Waals surface area contributed by atoms with Gasteiger partial charge in [-0.1, -0.05) is 0 Å². The Bertz CT molecular complexity index is 765. The van der Waals surface area contributed by atoms with Gasteiger partial charge < -0.3 is 14.5 Å². The molecule has 0 N–H and O–H groups in total. The van der Waals surface area contributed by atoms with E-state index in [1.54, 1.807) is 11.1 Å². The fraction of sp³-hybridized carbons (Fsp3) is 0.533. The van der Waals surface area contributed by atoms with E-state index in [1.165, 1.54) is 10.7 Å². The van der Waals surface area contributed by atoms with Crippen molar-refractivity contribution in [1.82, 2.24) is 19.5 Å². The van der Waals surface area contributed by atoms with Crippen LogP contribution in [0.4, 0.5) is 15.0 Å². The molecule has 3 heterocycles. The molecule has 3 rings (SSSR count). The monoisotopic (exact) mass is 447 g/mol. The Labute approximate surface area is 152 Å². The Morgan fingerprint density at radius 3 is 2.58 bits per heavy atom. The smallest absolute Gasteiger partial charge is 0.410 e. The first-order valence-corrected chi connectivity index (χ1v) is 8.75. The Hall–Kier alpha value is -1.65. The fourth-order valence-electron chi connectivity index (χ4n) is 2.50. The number of hydrogen-bond acceptors (Lipinski definition) is 5. The van der Waals surface area contributed by atoms with Gasteiger partial charge in [0, 0.05) is 26.2 Å². The quantitative estimate of drug-likeness (QED) is 0.629. The number of amides is 1. The Kier molecular flexibility index (Phi) is 4.54. The lowest BCUT2D eigenvalue weighted by atomic mass is 10.2. The minimum absolute atomic E-state index is 0.296. The SMILES string of the molecule is CC(C)(C)OC(=O)N1CCN(c2nc3c(I)cnn3cc2F)CC1. The number of ether oxygens (including phenoxy) is 1. The molecule has 0 aromatic carbocycles. The second-order valence-corrected chi connectivity index (χ2v) is 7.79. The van der Waals surface area contributed by atoms with Crippen LogP contribution >= 0.6 is 22.6 Å². The number of fused-ring (bicyclic) bond motifs is 1. The summed E-state index contributed by atoms with van der Waals surface area (Å²) in [6.07, 6.45) is 2.64. The van der Waals surface area contributed by atoms with Gasteiger partial charge in [-0.25, -0.2) is 18.7 Å². The van der Waals surface area contributed by atoms with Gasteiger partial charge in [0.2, 0.25) is 0 Å². The highest BCUT2D eigenvalue weighted by atomic mass is 127. The minimum atomic E-state index is -0.522. The van der Waals surface area contributed by atoms with Crippen molar-refractivity contribution in [2.75, 3.05) is 31.1 Å². The zero-order chi connectivity index (χ0) is 17.5. The van der Waals surface area contributed by atoms with E-state index in [4.69, 9.17) is 4.74 Å². The van der Waals surface area contributed by atoms with E-state index in [-0.39, 0.29) is 6.09 Å². The average molecular weight is 447 g/mol. The summed E-state index contributed by atoms with van der Waals surface area (Å²) in [5, 5.41) is 4.05. The topological polar surface area (TPSA) is 63.0 Å². The average Bonchev–Trinajstić information content (AvgIpc) is 2.85. The highest BCUT2D eigenvalue weighted by Crippen LogP contribution is 2.22. The van der Waals surface area contributed by atoms with Crippen molar-refractivity contribution in [2.45, 2.75) is 26.4 Å². The van der Waals surface area contributed by atoms with Crippen LogP contribution < -0.4 is 4.90 Å². The number of nitrogens with zero attached hydrogens (tertiary/aromatic N) is 5. The second kappa shape index (κ2) is 6.34. The lowest BCUT2D eigenvalue weighted by Gasteiger charge is -2.36. The van der Waals surface area contributed by atoms with Crippen LogP contribution in [0, 0.1) is 9.39 Å². The van der Waals surface area contributed by atoms with E-state index in [0.717, 1.165) is 3.57 Å². The van der Waals surface area contributed by atoms with E-state index in [2.05, 4.69) is 32.7 Å². The first-order chi connectivity index (χ1) is 11.2. The number of piperazine rings is 1. The van der Waals surface area contributed by atoms with Gasteiger partial charge in [-0.2, -0.15) is 5.10 Å². The Balaban J connectivity index is 1.72. The summed E-state index contributed by atoms with van der Waals surface area (Å²) in [7, 11) is 0. The van der Waals surface area contributed by atoms with Crippen molar-refractivity contribution in [3.8, 4) is 0 Å². The van der Waals surface area contributed by atoms with Crippen LogP contribution in [0.25, 0.3) is 5.65 Å². The summed E-state index contributed by atoms with van der Waals surface area (Å²) < 4.78 is 22.0. The number of anilines is 1. The molecule has 24 heavy (non-hydrogen) atoms. The van der Waals surface area contributed by atoms with Gasteiger partial charge >= 0.3 is 6.09 Å². The zero-order valence-corrected chi connectivity index (χ0v) is 15.9. The molecule has 1 fully saturated rings. The highest BCUT2D eigenvalue weighted by Gasteiger charge is 2.27. The molecule has 130 valence electrons. The van der Waals surface area contributed by atoms with Gasteiger partial charge in [-0.3, -0.25) is 0 Å². The van der Waals surface area contributed by atoms with Crippen molar-refractivity contribution in [3.05, 3.63) is 21.8 Å². The van der Waals surface area contributed by atoms with E-state index in [9.17, 15) is 9.18 Å². The third-order valence-corrected chi connectivity index (χ3v) is 4.38. The van der Waals surface area contributed by atoms with Crippen molar-refractivity contribution in [2.24, 2.45) is 0 Å². The van der Waals surface area contributed by atoms with Gasteiger partial charge in [0.15, 0.2) is 17.3 Å². The molecule has 1 saturated heterocycles. The predicted molar refractivity (Wildman–Crippen MR) is 95.7 cm³/mol. The van der Waals surface area contributed by atoms with Gasteiger partial charge in [0.05, 0.1) is 16.0 Å². The molecule has 0 atom stereocenters. The summed E-state index contributed by atoms with van der Waals surface area (Å²) in [5.41, 5.74) is 0.104. The molecule has 1 amide bonds. The molecule has 7 nitrogen and oxygen atoms in total. The largest absolute Gasteiger partial charge is 0.444 e. The van der Waals surface area contributed by atoms with Crippen molar-refractivity contribution in [1.29, 1.82) is 0 Å². The van der Waals surface area contributed by atoms with Crippen LogP contribution in [0.2, 0.25) is 0 Å². The summed E-state index contributed by atoms with van der Waals surface area (Å²) in [6, 6.07) is 0. The number of hydrogen-bond donors (Lipinski definition) is 0. The Morgan fingerprint density at radius 2 is 1.96 bits per heavy atom. The van der Waals surface area contributed by atoms with Gasteiger partial charge in [-0.05, 0) is 43.4 Å². The number of rotatable bonds is 1. The van der Waals surface area contributed by atoms with Gasteiger partial charge in [0.25, 0.3) is 0 Å². The first-order valence-electron chi connectivity index (χ1n) is 7.67. The van der Waals surface area contributed by atoms with Gasteiger partial charge in [-0.15, -0.1) is 0 Å². The van der Waals surface area contributed by atoms with Crippen molar-refractivity contribution in [3.63, 3.8) is 0 Å². The first kappa shape index (κ1) is 17.2. The van der Waals surface area contributed by atoms with Crippen LogP contribution in [-0.2, 0) is 4.74 Å². The van der Waals surface area contributed by atoms with Crippen molar-refractivity contribution < 1.29 is 13.9 Å². The third-order valence-electron chi connectivity index (χ3n) is 3.62. The maximum Gasteiger partial charge on any atom is 0.410 e. The molecule has 0 spiro atoms. The minimum Gasteiger partial charge on any atom is -0.444 e. The molecular formula is C15H19FIN5O2. The summed E-state index contributed by atoms with van der Waals surface area (Å²) in [6.45, 7) is 7.46. The van der Waals surface area contributed by atoms with Crippen molar-refractivity contribution >= 4 is 40.1 Å². The van der Waals surface area contributed by atoms with Crippen LogP contribution in [-0.4, -0.2) is 57.4 Å². The summed E-state index contributed by atoms with van der Waals surface area (Å²) in [4.78, 5) is 20.0.